The Morgan fingerprint density at radius 1 is 1.26 bits per heavy atom. The molecule has 1 aromatic carbocycles. The van der Waals surface area contributed by atoms with Crippen molar-refractivity contribution in [2.45, 2.75) is 36.0 Å². The topological polar surface area (TPSA) is 63.1 Å². The highest BCUT2D eigenvalue weighted by atomic mass is 32.2. The average molecular weight is 274 g/mol. The fourth-order valence-corrected chi connectivity index (χ4v) is 3.72. The lowest BCUT2D eigenvalue weighted by atomic mass is 10.1. The van der Waals surface area contributed by atoms with Gasteiger partial charge in [0, 0.05) is 10.6 Å². The molecule has 1 aliphatic carbocycles. The molecule has 1 aromatic heterocycles. The lowest BCUT2D eigenvalue weighted by Crippen LogP contribution is -1.99. The molecule has 98 valence electrons. The zero-order valence-electron chi connectivity index (χ0n) is 10.4. The second-order valence-electron chi connectivity index (χ2n) is 4.74. The van der Waals surface area contributed by atoms with Gasteiger partial charge in [-0.2, -0.15) is 0 Å². The van der Waals surface area contributed by atoms with E-state index in [0.717, 1.165) is 10.4 Å². The number of hydrogen-bond acceptors (Lipinski definition) is 4. The first-order chi connectivity index (χ1) is 9.24. The van der Waals surface area contributed by atoms with Crippen molar-refractivity contribution in [3.63, 3.8) is 0 Å². The Labute approximate surface area is 115 Å². The molecule has 1 saturated carbocycles. The Balaban J connectivity index is 1.98. The predicted molar refractivity (Wildman–Crippen MR) is 74.6 cm³/mol. The molecule has 0 unspecified atom stereocenters. The van der Waals surface area contributed by atoms with Gasteiger partial charge in [0.25, 0.3) is 0 Å². The second kappa shape index (κ2) is 5.17. The first-order valence-electron chi connectivity index (χ1n) is 6.39. The third-order valence-corrected chi connectivity index (χ3v) is 4.78. The van der Waals surface area contributed by atoms with E-state index in [9.17, 15) is 4.79 Å². The first-order valence-corrected chi connectivity index (χ1v) is 7.27. The minimum atomic E-state index is -0.925. The third kappa shape index (κ3) is 2.56. The van der Waals surface area contributed by atoms with Gasteiger partial charge in [-0.05, 0) is 31.0 Å². The summed E-state index contributed by atoms with van der Waals surface area (Å²) in [5, 5.41) is 11.5. The molecule has 0 saturated heterocycles. The Hall–Kier alpha value is -1.62. The summed E-state index contributed by atoms with van der Waals surface area (Å²) < 4.78 is 0. The smallest absolute Gasteiger partial charge is 0.335 e. The Morgan fingerprint density at radius 3 is 2.79 bits per heavy atom. The van der Waals surface area contributed by atoms with Crippen molar-refractivity contribution in [1.29, 1.82) is 0 Å². The molecule has 1 aliphatic rings. The van der Waals surface area contributed by atoms with Crippen molar-refractivity contribution >= 4 is 28.6 Å². The zero-order valence-corrected chi connectivity index (χ0v) is 11.2. The minimum absolute atomic E-state index is 0.267. The van der Waals surface area contributed by atoms with Crippen LogP contribution < -0.4 is 0 Å². The van der Waals surface area contributed by atoms with Crippen LogP contribution in [0.25, 0.3) is 10.9 Å². The largest absolute Gasteiger partial charge is 0.478 e. The van der Waals surface area contributed by atoms with E-state index >= 15 is 0 Å². The summed E-state index contributed by atoms with van der Waals surface area (Å²) >= 11 is 1.80. The van der Waals surface area contributed by atoms with Crippen molar-refractivity contribution in [3.05, 3.63) is 30.1 Å². The van der Waals surface area contributed by atoms with Crippen LogP contribution in [0.1, 0.15) is 36.0 Å². The van der Waals surface area contributed by atoms with Gasteiger partial charge >= 0.3 is 5.97 Å². The van der Waals surface area contributed by atoms with Gasteiger partial charge in [0.2, 0.25) is 0 Å². The molecule has 0 bridgehead atoms. The number of rotatable bonds is 3. The molecule has 1 fully saturated rings. The maximum atomic E-state index is 11.0. The highest BCUT2D eigenvalue weighted by Crippen LogP contribution is 2.36. The van der Waals surface area contributed by atoms with E-state index in [-0.39, 0.29) is 5.56 Å². The zero-order chi connectivity index (χ0) is 13.2. The highest BCUT2D eigenvalue weighted by molar-refractivity contribution is 8.00. The van der Waals surface area contributed by atoms with Crippen LogP contribution in [0.5, 0.6) is 0 Å². The van der Waals surface area contributed by atoms with E-state index in [4.69, 9.17) is 5.11 Å². The Bertz CT molecular complexity index is 624. The first kappa shape index (κ1) is 12.4. The van der Waals surface area contributed by atoms with Gasteiger partial charge in [0.05, 0.1) is 11.1 Å². The predicted octanol–water partition coefficient (Wildman–Crippen LogP) is 3.36. The number of fused-ring (bicyclic) bond motifs is 1. The van der Waals surface area contributed by atoms with Gasteiger partial charge in [-0.15, -0.1) is 11.8 Å². The molecule has 0 spiro atoms. The second-order valence-corrected chi connectivity index (χ2v) is 6.03. The molecule has 0 atom stereocenters. The van der Waals surface area contributed by atoms with Gasteiger partial charge in [0.15, 0.2) is 0 Å². The number of carboxylic acids is 1. The lowest BCUT2D eigenvalue weighted by Gasteiger charge is -2.09. The van der Waals surface area contributed by atoms with Crippen LogP contribution in [0.3, 0.4) is 0 Å². The summed E-state index contributed by atoms with van der Waals surface area (Å²) in [7, 11) is 0. The van der Waals surface area contributed by atoms with Crippen LogP contribution >= 0.6 is 11.8 Å². The van der Waals surface area contributed by atoms with Crippen molar-refractivity contribution in [2.24, 2.45) is 0 Å². The number of aromatic nitrogens is 2. The van der Waals surface area contributed by atoms with Gasteiger partial charge < -0.3 is 5.11 Å². The maximum absolute atomic E-state index is 11.0. The summed E-state index contributed by atoms with van der Waals surface area (Å²) in [5.41, 5.74) is 0.971. The van der Waals surface area contributed by atoms with E-state index in [0.29, 0.717) is 10.8 Å². The number of carboxylic acid groups (broad SMARTS) is 1. The van der Waals surface area contributed by atoms with Gasteiger partial charge in [0.1, 0.15) is 11.4 Å². The highest BCUT2D eigenvalue weighted by Gasteiger charge is 2.18. The number of carbonyl (C=O) groups is 1. The molecule has 1 N–H and O–H groups in total. The molecule has 1 heterocycles. The molecular weight excluding hydrogens is 260 g/mol. The number of nitrogens with zero attached hydrogens (tertiary/aromatic N) is 2. The molecule has 2 aromatic rings. The molecule has 0 amide bonds. The Kier molecular flexibility index (Phi) is 3.38. The molecule has 3 rings (SSSR count). The SMILES string of the molecule is O=C(O)c1ccc2c(SC3CCCC3)ncnc2c1. The number of thioether (sulfide) groups is 1. The molecular formula is C14H14N2O2S. The summed E-state index contributed by atoms with van der Waals surface area (Å²) in [4.78, 5) is 19.5. The van der Waals surface area contributed by atoms with Gasteiger partial charge in [-0.1, -0.05) is 12.8 Å². The van der Waals surface area contributed by atoms with Crippen molar-refractivity contribution in [3.8, 4) is 0 Å². The van der Waals surface area contributed by atoms with Crippen molar-refractivity contribution in [2.75, 3.05) is 0 Å². The van der Waals surface area contributed by atoms with E-state index < -0.39 is 5.97 Å². The van der Waals surface area contributed by atoms with Gasteiger partial charge in [-0.3, -0.25) is 0 Å². The molecule has 0 aliphatic heterocycles. The van der Waals surface area contributed by atoms with E-state index in [1.54, 1.807) is 23.9 Å². The fraction of sp³-hybridized carbons (Fsp3) is 0.357. The van der Waals surface area contributed by atoms with Crippen LogP contribution in [0.2, 0.25) is 0 Å². The van der Waals surface area contributed by atoms with Crippen LogP contribution in [0, 0.1) is 0 Å². The Morgan fingerprint density at radius 2 is 2.05 bits per heavy atom. The molecule has 0 radical (unpaired) electrons. The number of hydrogen-bond donors (Lipinski definition) is 1. The maximum Gasteiger partial charge on any atom is 0.335 e. The monoisotopic (exact) mass is 274 g/mol. The van der Waals surface area contributed by atoms with E-state index in [1.165, 1.54) is 32.0 Å². The summed E-state index contributed by atoms with van der Waals surface area (Å²) in [6.45, 7) is 0. The molecule has 19 heavy (non-hydrogen) atoms. The average Bonchev–Trinajstić information content (AvgIpc) is 2.91. The summed E-state index contributed by atoms with van der Waals surface area (Å²) in [6.07, 6.45) is 6.59. The number of aromatic carboxylic acids is 1. The van der Waals surface area contributed by atoms with Crippen LogP contribution in [-0.2, 0) is 0 Å². The fourth-order valence-electron chi connectivity index (χ4n) is 2.42. The van der Waals surface area contributed by atoms with Crippen LogP contribution in [0.15, 0.2) is 29.6 Å². The lowest BCUT2D eigenvalue weighted by molar-refractivity contribution is 0.0697. The standard InChI is InChI=1S/C14H14N2O2S/c17-14(18)9-5-6-11-12(7-9)15-8-16-13(11)19-10-3-1-2-4-10/h5-8,10H,1-4H2,(H,17,18). The van der Waals surface area contributed by atoms with E-state index in [1.807, 2.05) is 6.07 Å². The van der Waals surface area contributed by atoms with Crippen molar-refractivity contribution < 1.29 is 9.90 Å². The molecule has 5 heteroatoms. The van der Waals surface area contributed by atoms with Crippen molar-refractivity contribution in [1.82, 2.24) is 9.97 Å². The van der Waals surface area contributed by atoms with Crippen LogP contribution in [-0.4, -0.2) is 26.3 Å². The third-order valence-electron chi connectivity index (χ3n) is 3.43. The quantitative estimate of drug-likeness (QED) is 0.869. The normalized spacial score (nSPS) is 16.0. The van der Waals surface area contributed by atoms with Gasteiger partial charge in [-0.25, -0.2) is 14.8 Å². The summed E-state index contributed by atoms with van der Waals surface area (Å²) in [5.74, 6) is -0.925. The molecule has 4 nitrogen and oxygen atoms in total. The van der Waals surface area contributed by atoms with Crippen LogP contribution in [0.4, 0.5) is 0 Å². The minimum Gasteiger partial charge on any atom is -0.478 e. The van der Waals surface area contributed by atoms with E-state index in [2.05, 4.69) is 9.97 Å². The summed E-state index contributed by atoms with van der Waals surface area (Å²) in [6, 6.07) is 5.04. The number of benzene rings is 1.